The number of ether oxygens (including phenoxy) is 1. The second-order valence-electron chi connectivity index (χ2n) is 5.51. The van der Waals surface area contributed by atoms with E-state index >= 15 is 0 Å². The Balaban J connectivity index is 1.71. The number of phenolic OH excluding ortho intramolecular Hbond substituents is 1. The maximum absolute atomic E-state index is 9.70. The number of aromatic nitrogens is 5. The number of pyridine rings is 1. The van der Waals surface area contributed by atoms with Crippen LogP contribution in [0.25, 0.3) is 16.9 Å². The van der Waals surface area contributed by atoms with Gasteiger partial charge in [0.15, 0.2) is 11.5 Å². The molecule has 1 aromatic carbocycles. The first-order valence-electron chi connectivity index (χ1n) is 7.71. The van der Waals surface area contributed by atoms with Crippen LogP contribution in [0.1, 0.15) is 11.4 Å². The highest BCUT2D eigenvalue weighted by Gasteiger charge is 2.12. The normalized spacial score (nSPS) is 10.9. The molecule has 7 nitrogen and oxygen atoms in total. The van der Waals surface area contributed by atoms with E-state index < -0.39 is 0 Å². The number of rotatable bonds is 4. The summed E-state index contributed by atoms with van der Waals surface area (Å²) in [7, 11) is 1.58. The van der Waals surface area contributed by atoms with Crippen LogP contribution in [0.4, 0.5) is 0 Å². The molecule has 0 spiro atoms. The predicted molar refractivity (Wildman–Crippen MR) is 91.5 cm³/mol. The van der Waals surface area contributed by atoms with Crippen molar-refractivity contribution >= 4 is 5.65 Å². The number of nitrogens with zero attached hydrogens (tertiary/aromatic N) is 5. The molecule has 0 unspecified atom stereocenters. The number of hydrogen-bond donors (Lipinski definition) is 1. The first-order valence-corrected chi connectivity index (χ1v) is 7.71. The Hall–Kier alpha value is -3.48. The highest BCUT2D eigenvalue weighted by molar-refractivity contribution is 5.74. The molecular weight excluding hydrogens is 318 g/mol. The molecular formula is C18H15N5O2. The van der Waals surface area contributed by atoms with Gasteiger partial charge in [0.25, 0.3) is 0 Å². The Labute approximate surface area is 143 Å². The lowest BCUT2D eigenvalue weighted by molar-refractivity contribution is 0.397. The molecule has 0 amide bonds. The van der Waals surface area contributed by atoms with Crippen molar-refractivity contribution < 1.29 is 9.84 Å². The maximum Gasteiger partial charge on any atom is 0.212 e. The number of fused-ring (bicyclic) bond motifs is 1. The number of methoxy groups -OCH3 is 1. The van der Waals surface area contributed by atoms with Crippen LogP contribution in [0.2, 0.25) is 0 Å². The van der Waals surface area contributed by atoms with Gasteiger partial charge in [-0.05, 0) is 17.7 Å². The van der Waals surface area contributed by atoms with Gasteiger partial charge in [-0.3, -0.25) is 4.98 Å². The smallest absolute Gasteiger partial charge is 0.212 e. The molecule has 0 fully saturated rings. The molecule has 4 rings (SSSR count). The van der Waals surface area contributed by atoms with Gasteiger partial charge in [-0.25, -0.2) is 14.5 Å². The average molecular weight is 333 g/mol. The van der Waals surface area contributed by atoms with Crippen LogP contribution < -0.4 is 4.74 Å². The molecule has 1 N–H and O–H groups in total. The van der Waals surface area contributed by atoms with Crippen LogP contribution in [0.3, 0.4) is 0 Å². The number of hydrogen-bond acceptors (Lipinski definition) is 6. The molecule has 0 atom stereocenters. The summed E-state index contributed by atoms with van der Waals surface area (Å²) in [5, 5.41) is 14.2. The van der Waals surface area contributed by atoms with Crippen molar-refractivity contribution in [3.05, 3.63) is 66.4 Å². The van der Waals surface area contributed by atoms with Crippen molar-refractivity contribution in [2.45, 2.75) is 6.42 Å². The van der Waals surface area contributed by atoms with E-state index in [-0.39, 0.29) is 5.75 Å². The van der Waals surface area contributed by atoms with Crippen molar-refractivity contribution in [1.29, 1.82) is 0 Å². The van der Waals surface area contributed by atoms with E-state index in [2.05, 4.69) is 20.1 Å². The number of phenols is 1. The van der Waals surface area contributed by atoms with Crippen molar-refractivity contribution in [2.75, 3.05) is 7.11 Å². The molecule has 0 aliphatic rings. The second-order valence-corrected chi connectivity index (χ2v) is 5.51. The third kappa shape index (κ3) is 2.99. The fourth-order valence-corrected chi connectivity index (χ4v) is 2.61. The summed E-state index contributed by atoms with van der Waals surface area (Å²) in [6, 6.07) is 10.7. The Morgan fingerprint density at radius 2 is 2.08 bits per heavy atom. The minimum atomic E-state index is 0.186. The van der Waals surface area contributed by atoms with E-state index in [1.165, 1.54) is 0 Å². The van der Waals surface area contributed by atoms with Gasteiger partial charge in [-0.2, -0.15) is 5.10 Å². The minimum Gasteiger partial charge on any atom is -0.508 e. The summed E-state index contributed by atoms with van der Waals surface area (Å²) >= 11 is 0. The second kappa shape index (κ2) is 6.20. The molecule has 0 radical (unpaired) electrons. The molecule has 0 aliphatic heterocycles. The zero-order valence-corrected chi connectivity index (χ0v) is 13.5. The molecule has 7 heteroatoms. The molecule has 4 aromatic rings. The zero-order chi connectivity index (χ0) is 17.2. The fourth-order valence-electron chi connectivity index (χ4n) is 2.61. The third-order valence-electron chi connectivity index (χ3n) is 3.79. The standard InChI is InChI=1S/C18H15N5O2/c1-25-16-6-5-12(11-20-16)9-15-21-18-17(19-7-8-23(18)22-15)13-3-2-4-14(24)10-13/h2-8,10-11,24H,9H2,1H3. The lowest BCUT2D eigenvalue weighted by Gasteiger charge is -2.02. The topological polar surface area (TPSA) is 85.4 Å². The lowest BCUT2D eigenvalue weighted by atomic mass is 10.1. The van der Waals surface area contributed by atoms with Crippen LogP contribution in [-0.4, -0.2) is 36.8 Å². The van der Waals surface area contributed by atoms with Gasteiger partial charge >= 0.3 is 0 Å². The van der Waals surface area contributed by atoms with Crippen LogP contribution in [0.5, 0.6) is 11.6 Å². The van der Waals surface area contributed by atoms with Gasteiger partial charge in [0.05, 0.1) is 7.11 Å². The zero-order valence-electron chi connectivity index (χ0n) is 13.5. The SMILES string of the molecule is COc1ccc(Cc2nc3c(-c4cccc(O)c4)nccn3n2)cn1. The third-order valence-corrected chi connectivity index (χ3v) is 3.79. The van der Waals surface area contributed by atoms with Crippen molar-refractivity contribution in [1.82, 2.24) is 24.6 Å². The minimum absolute atomic E-state index is 0.186. The van der Waals surface area contributed by atoms with E-state index in [1.54, 1.807) is 48.4 Å². The van der Waals surface area contributed by atoms with Gasteiger partial charge < -0.3 is 9.84 Å². The van der Waals surface area contributed by atoms with Crippen LogP contribution in [-0.2, 0) is 6.42 Å². The van der Waals surface area contributed by atoms with Crippen LogP contribution in [0, 0.1) is 0 Å². The van der Waals surface area contributed by atoms with E-state index in [0.717, 1.165) is 11.1 Å². The molecule has 124 valence electrons. The monoisotopic (exact) mass is 333 g/mol. The predicted octanol–water partition coefficient (Wildman–Crippen LogP) is 2.49. The average Bonchev–Trinajstić information content (AvgIpc) is 3.04. The number of aromatic hydroxyl groups is 1. The molecule has 3 heterocycles. The Bertz CT molecular complexity index is 1030. The molecule has 0 aliphatic carbocycles. The van der Waals surface area contributed by atoms with Crippen molar-refractivity contribution in [3.8, 4) is 22.9 Å². The molecule has 25 heavy (non-hydrogen) atoms. The van der Waals surface area contributed by atoms with Gasteiger partial charge in [-0.15, -0.1) is 0 Å². The largest absolute Gasteiger partial charge is 0.508 e. The summed E-state index contributed by atoms with van der Waals surface area (Å²) in [6.07, 6.45) is 5.72. The van der Waals surface area contributed by atoms with Gasteiger partial charge in [-0.1, -0.05) is 18.2 Å². The highest BCUT2D eigenvalue weighted by Crippen LogP contribution is 2.24. The molecule has 0 saturated carbocycles. The Morgan fingerprint density at radius 3 is 2.84 bits per heavy atom. The fraction of sp³-hybridized carbons (Fsp3) is 0.111. The Kier molecular flexibility index (Phi) is 3.74. The van der Waals surface area contributed by atoms with Gasteiger partial charge in [0.1, 0.15) is 11.4 Å². The van der Waals surface area contributed by atoms with E-state index in [9.17, 15) is 5.11 Å². The van der Waals surface area contributed by atoms with E-state index in [0.29, 0.717) is 29.5 Å². The highest BCUT2D eigenvalue weighted by atomic mass is 16.5. The maximum atomic E-state index is 9.70. The van der Waals surface area contributed by atoms with Crippen molar-refractivity contribution in [3.63, 3.8) is 0 Å². The van der Waals surface area contributed by atoms with Gasteiger partial charge in [0, 0.05) is 36.6 Å². The summed E-state index contributed by atoms with van der Waals surface area (Å²) in [5.74, 6) is 1.42. The van der Waals surface area contributed by atoms with Crippen molar-refractivity contribution in [2.24, 2.45) is 0 Å². The first-order chi connectivity index (χ1) is 12.2. The van der Waals surface area contributed by atoms with Crippen LogP contribution >= 0.6 is 0 Å². The molecule has 0 saturated heterocycles. The lowest BCUT2D eigenvalue weighted by Crippen LogP contribution is -1.94. The summed E-state index contributed by atoms with van der Waals surface area (Å²) in [4.78, 5) is 13.2. The quantitative estimate of drug-likeness (QED) is 0.617. The van der Waals surface area contributed by atoms with Crippen LogP contribution in [0.15, 0.2) is 55.0 Å². The van der Waals surface area contributed by atoms with E-state index in [4.69, 9.17) is 4.74 Å². The summed E-state index contributed by atoms with van der Waals surface area (Å²) < 4.78 is 6.76. The van der Waals surface area contributed by atoms with Gasteiger partial charge in [0.2, 0.25) is 5.88 Å². The number of benzene rings is 1. The van der Waals surface area contributed by atoms with E-state index in [1.807, 2.05) is 18.2 Å². The Morgan fingerprint density at radius 1 is 1.16 bits per heavy atom. The summed E-state index contributed by atoms with van der Waals surface area (Å²) in [6.45, 7) is 0. The molecule has 3 aromatic heterocycles. The first kappa shape index (κ1) is 15.1. The summed E-state index contributed by atoms with van der Waals surface area (Å²) in [5.41, 5.74) is 3.09. The molecule has 0 bridgehead atoms.